The van der Waals surface area contributed by atoms with E-state index in [0.29, 0.717) is 16.7 Å². The summed E-state index contributed by atoms with van der Waals surface area (Å²) in [5.74, 6) is 0. The second-order valence-corrected chi connectivity index (χ2v) is 8.42. The quantitative estimate of drug-likeness (QED) is 0.789. The molecular formula is C17H27BrN4O3. The van der Waals surface area contributed by atoms with Gasteiger partial charge in [-0.1, -0.05) is 19.3 Å². The smallest absolute Gasteiger partial charge is 0.408 e. The largest absolute Gasteiger partial charge is 0.444 e. The van der Waals surface area contributed by atoms with Crippen molar-refractivity contribution in [2.24, 2.45) is 7.05 Å². The van der Waals surface area contributed by atoms with E-state index >= 15 is 0 Å². The molecule has 0 aromatic carbocycles. The maximum Gasteiger partial charge on any atom is 0.408 e. The predicted molar refractivity (Wildman–Crippen MR) is 101 cm³/mol. The minimum atomic E-state index is -0.536. The van der Waals surface area contributed by atoms with Crippen LogP contribution in [0.25, 0.3) is 0 Å². The van der Waals surface area contributed by atoms with Crippen molar-refractivity contribution in [2.75, 3.05) is 11.9 Å². The van der Waals surface area contributed by atoms with Crippen molar-refractivity contribution in [3.05, 3.63) is 21.0 Å². The van der Waals surface area contributed by atoms with Crippen LogP contribution in [0.5, 0.6) is 0 Å². The summed E-state index contributed by atoms with van der Waals surface area (Å²) in [6.07, 6.45) is 6.20. The molecule has 8 heteroatoms. The Kier molecular flexibility index (Phi) is 6.13. The van der Waals surface area contributed by atoms with Crippen molar-refractivity contribution in [1.82, 2.24) is 15.1 Å². The summed E-state index contributed by atoms with van der Waals surface area (Å²) in [4.78, 5) is 24.3. The Bertz CT molecular complexity index is 675. The van der Waals surface area contributed by atoms with Gasteiger partial charge < -0.3 is 15.4 Å². The average molecular weight is 415 g/mol. The lowest BCUT2D eigenvalue weighted by Gasteiger charge is -2.38. The zero-order chi connectivity index (χ0) is 18.7. The monoisotopic (exact) mass is 414 g/mol. The first-order valence-corrected chi connectivity index (χ1v) is 9.38. The second kappa shape index (κ2) is 7.76. The molecule has 0 radical (unpaired) electrons. The minimum absolute atomic E-state index is 0.206. The first kappa shape index (κ1) is 19.8. The van der Waals surface area contributed by atoms with Gasteiger partial charge >= 0.3 is 6.09 Å². The second-order valence-electron chi connectivity index (χ2n) is 7.62. The van der Waals surface area contributed by atoms with Crippen molar-refractivity contribution in [3.63, 3.8) is 0 Å². The molecule has 2 rings (SSSR count). The van der Waals surface area contributed by atoms with E-state index in [1.54, 1.807) is 13.2 Å². The molecule has 1 saturated carbocycles. The molecule has 0 atom stereocenters. The Balaban J connectivity index is 2.11. The summed E-state index contributed by atoms with van der Waals surface area (Å²) in [5.41, 5.74) is -0.505. The molecule has 1 amide bonds. The van der Waals surface area contributed by atoms with E-state index in [1.807, 2.05) is 20.8 Å². The molecule has 1 aromatic heterocycles. The maximum atomic E-state index is 12.3. The Morgan fingerprint density at radius 3 is 2.60 bits per heavy atom. The number of carbonyl (C=O) groups is 1. The number of hydrogen-bond acceptors (Lipinski definition) is 5. The van der Waals surface area contributed by atoms with Crippen molar-refractivity contribution < 1.29 is 9.53 Å². The molecule has 0 bridgehead atoms. The number of rotatable bonds is 4. The molecule has 0 spiro atoms. The fourth-order valence-corrected chi connectivity index (χ4v) is 3.49. The van der Waals surface area contributed by atoms with Gasteiger partial charge in [0.1, 0.15) is 10.1 Å². The van der Waals surface area contributed by atoms with Crippen LogP contribution in [0.2, 0.25) is 0 Å². The molecule has 7 nitrogen and oxygen atoms in total. The predicted octanol–water partition coefficient (Wildman–Crippen LogP) is 3.18. The van der Waals surface area contributed by atoms with Crippen LogP contribution in [0.1, 0.15) is 52.9 Å². The van der Waals surface area contributed by atoms with Gasteiger partial charge in [-0.3, -0.25) is 4.79 Å². The number of ether oxygens (including phenoxy) is 1. The van der Waals surface area contributed by atoms with Crippen LogP contribution < -0.4 is 16.2 Å². The molecule has 140 valence electrons. The van der Waals surface area contributed by atoms with Gasteiger partial charge in [-0.05, 0) is 49.5 Å². The lowest BCUT2D eigenvalue weighted by atomic mass is 9.81. The van der Waals surface area contributed by atoms with Gasteiger partial charge in [0.05, 0.1) is 17.4 Å². The number of anilines is 1. The van der Waals surface area contributed by atoms with Crippen LogP contribution in [0, 0.1) is 0 Å². The first-order chi connectivity index (χ1) is 11.6. The molecule has 2 N–H and O–H groups in total. The molecule has 1 aliphatic carbocycles. The zero-order valence-corrected chi connectivity index (χ0v) is 16.9. The van der Waals surface area contributed by atoms with Gasteiger partial charge in [0.2, 0.25) is 0 Å². The normalized spacial score (nSPS) is 17.0. The van der Waals surface area contributed by atoms with Crippen LogP contribution in [0.3, 0.4) is 0 Å². The van der Waals surface area contributed by atoms with E-state index in [2.05, 4.69) is 31.7 Å². The number of carbonyl (C=O) groups excluding carboxylic acids is 1. The Labute approximate surface area is 156 Å². The van der Waals surface area contributed by atoms with E-state index in [9.17, 15) is 9.59 Å². The summed E-state index contributed by atoms with van der Waals surface area (Å²) >= 11 is 3.32. The third-order valence-electron chi connectivity index (χ3n) is 4.27. The molecule has 0 unspecified atom stereocenters. The summed E-state index contributed by atoms with van der Waals surface area (Å²) in [6, 6.07) is 0. The van der Waals surface area contributed by atoms with Crippen LogP contribution in [0.4, 0.5) is 10.5 Å². The van der Waals surface area contributed by atoms with Gasteiger partial charge in [0.25, 0.3) is 5.56 Å². The average Bonchev–Trinajstić information content (AvgIpc) is 2.51. The van der Waals surface area contributed by atoms with Gasteiger partial charge in [-0.15, -0.1) is 0 Å². The lowest BCUT2D eigenvalue weighted by Crippen LogP contribution is -2.55. The molecule has 1 aliphatic rings. The van der Waals surface area contributed by atoms with Crippen LogP contribution in [-0.4, -0.2) is 33.6 Å². The first-order valence-electron chi connectivity index (χ1n) is 8.59. The van der Waals surface area contributed by atoms with Crippen molar-refractivity contribution in [2.45, 2.75) is 64.0 Å². The topological polar surface area (TPSA) is 85.2 Å². The highest BCUT2D eigenvalue weighted by Gasteiger charge is 2.35. The zero-order valence-electron chi connectivity index (χ0n) is 15.3. The van der Waals surface area contributed by atoms with Gasteiger partial charge in [-0.25, -0.2) is 9.48 Å². The molecule has 0 saturated heterocycles. The number of alkyl carbamates (subject to hydrolysis) is 1. The molecule has 25 heavy (non-hydrogen) atoms. The van der Waals surface area contributed by atoms with E-state index in [-0.39, 0.29) is 11.1 Å². The number of nitrogens with zero attached hydrogens (tertiary/aromatic N) is 2. The van der Waals surface area contributed by atoms with E-state index < -0.39 is 11.7 Å². The van der Waals surface area contributed by atoms with Crippen molar-refractivity contribution in [1.29, 1.82) is 0 Å². The third kappa shape index (κ3) is 5.45. The number of aryl methyl sites for hydroxylation is 1. The fourth-order valence-electron chi connectivity index (χ4n) is 2.99. The van der Waals surface area contributed by atoms with Crippen LogP contribution in [-0.2, 0) is 11.8 Å². The van der Waals surface area contributed by atoms with Crippen molar-refractivity contribution in [3.8, 4) is 0 Å². The highest BCUT2D eigenvalue weighted by molar-refractivity contribution is 9.10. The van der Waals surface area contributed by atoms with E-state index in [4.69, 9.17) is 4.74 Å². The summed E-state index contributed by atoms with van der Waals surface area (Å²) in [7, 11) is 1.60. The highest BCUT2D eigenvalue weighted by atomic mass is 79.9. The molecular weight excluding hydrogens is 388 g/mol. The summed E-state index contributed by atoms with van der Waals surface area (Å²) in [6.45, 7) is 6.06. The van der Waals surface area contributed by atoms with E-state index in [1.165, 1.54) is 4.68 Å². The number of hydrogen-bond donors (Lipinski definition) is 2. The van der Waals surface area contributed by atoms with Gasteiger partial charge in [0.15, 0.2) is 0 Å². The van der Waals surface area contributed by atoms with Gasteiger partial charge in [0, 0.05) is 13.6 Å². The highest BCUT2D eigenvalue weighted by Crippen LogP contribution is 2.29. The summed E-state index contributed by atoms with van der Waals surface area (Å²) < 4.78 is 7.13. The number of halogens is 1. The number of nitrogens with one attached hydrogen (secondary N) is 2. The van der Waals surface area contributed by atoms with Gasteiger partial charge in [-0.2, -0.15) is 5.10 Å². The SMILES string of the molecule is Cn1ncc(NCC2(NC(=O)OC(C)(C)C)CCCCC2)c(Br)c1=O. The number of amides is 1. The molecule has 1 aromatic rings. The Morgan fingerprint density at radius 1 is 1.36 bits per heavy atom. The summed E-state index contributed by atoms with van der Waals surface area (Å²) in [5, 5.41) is 10.4. The Morgan fingerprint density at radius 2 is 2.00 bits per heavy atom. The third-order valence-corrected chi connectivity index (χ3v) is 5.04. The standard InChI is InChI=1S/C17H27BrN4O3/c1-16(2,3)25-15(24)21-17(8-6-5-7-9-17)11-19-12-10-20-22(4)14(23)13(12)18/h10,19H,5-9,11H2,1-4H3,(H,21,24). The van der Waals surface area contributed by atoms with E-state index in [0.717, 1.165) is 32.1 Å². The fraction of sp³-hybridized carbons (Fsp3) is 0.706. The minimum Gasteiger partial charge on any atom is -0.444 e. The van der Waals surface area contributed by atoms with Crippen LogP contribution >= 0.6 is 15.9 Å². The molecule has 1 heterocycles. The Hall–Kier alpha value is -1.57. The molecule has 1 fully saturated rings. The van der Waals surface area contributed by atoms with Crippen LogP contribution in [0.15, 0.2) is 15.5 Å². The lowest BCUT2D eigenvalue weighted by molar-refractivity contribution is 0.0434. The maximum absolute atomic E-state index is 12.3. The van der Waals surface area contributed by atoms with Crippen molar-refractivity contribution >= 4 is 27.7 Å². The molecule has 0 aliphatic heterocycles. The number of aromatic nitrogens is 2.